The first kappa shape index (κ1) is 19.8. The molecule has 1 aliphatic carbocycles. The predicted molar refractivity (Wildman–Crippen MR) is 101 cm³/mol. The van der Waals surface area contributed by atoms with Crippen LogP contribution in [0.25, 0.3) is 0 Å². The van der Waals surface area contributed by atoms with E-state index in [0.717, 1.165) is 12.8 Å². The van der Waals surface area contributed by atoms with Crippen LogP contribution < -0.4 is 5.32 Å². The van der Waals surface area contributed by atoms with Gasteiger partial charge in [-0.25, -0.2) is 4.79 Å². The van der Waals surface area contributed by atoms with Gasteiger partial charge in [0, 0.05) is 0 Å². The van der Waals surface area contributed by atoms with Crippen LogP contribution in [0.1, 0.15) is 81.8 Å². The van der Waals surface area contributed by atoms with Crippen molar-refractivity contribution in [3.8, 4) is 0 Å². The molecule has 140 valence electrons. The van der Waals surface area contributed by atoms with E-state index < -0.39 is 11.6 Å². The van der Waals surface area contributed by atoms with E-state index in [2.05, 4.69) is 36.5 Å². The van der Waals surface area contributed by atoms with E-state index >= 15 is 0 Å². The number of benzene rings is 1. The maximum Gasteiger partial charge on any atom is 0.405 e. The van der Waals surface area contributed by atoms with Gasteiger partial charge in [0.2, 0.25) is 0 Å². The standard InChI is InChI=1S/C21H33NO3/c1-2-3-4-5-6-7-8-17-9-11-18(12-10-17)19-13-14-21(15-19,16-23)22-20(24)25/h9-12,19,22-23H,2-8,13-16H2,1H3,(H,24,25)/t19-,21+/m0/s1. The van der Waals surface area contributed by atoms with E-state index in [1.165, 1.54) is 49.7 Å². The van der Waals surface area contributed by atoms with Crippen molar-refractivity contribution in [3.63, 3.8) is 0 Å². The van der Waals surface area contributed by atoms with Crippen molar-refractivity contribution < 1.29 is 15.0 Å². The summed E-state index contributed by atoms with van der Waals surface area (Å²) in [6.45, 7) is 2.11. The van der Waals surface area contributed by atoms with E-state index in [9.17, 15) is 9.90 Å². The van der Waals surface area contributed by atoms with Crippen LogP contribution in [0.4, 0.5) is 4.79 Å². The normalized spacial score (nSPS) is 22.9. The van der Waals surface area contributed by atoms with Gasteiger partial charge in [-0.15, -0.1) is 0 Å². The number of rotatable bonds is 10. The van der Waals surface area contributed by atoms with Gasteiger partial charge in [-0.3, -0.25) is 0 Å². The Hall–Kier alpha value is -1.55. The fourth-order valence-electron chi connectivity index (χ4n) is 4.00. The summed E-state index contributed by atoms with van der Waals surface area (Å²) < 4.78 is 0. The quantitative estimate of drug-likeness (QED) is 0.530. The van der Waals surface area contributed by atoms with E-state index in [1.807, 2.05) is 0 Å². The molecule has 0 spiro atoms. The van der Waals surface area contributed by atoms with Gasteiger partial charge in [-0.2, -0.15) is 0 Å². The Morgan fingerprint density at radius 1 is 1.16 bits per heavy atom. The smallest absolute Gasteiger partial charge is 0.405 e. The first-order valence-corrected chi connectivity index (χ1v) is 9.79. The van der Waals surface area contributed by atoms with Crippen LogP contribution >= 0.6 is 0 Å². The molecule has 1 aromatic rings. The highest BCUT2D eigenvalue weighted by molar-refractivity contribution is 5.65. The zero-order chi connectivity index (χ0) is 18.1. The molecule has 0 unspecified atom stereocenters. The van der Waals surface area contributed by atoms with Crippen LogP contribution in [-0.2, 0) is 6.42 Å². The number of hydrogen-bond donors (Lipinski definition) is 3. The van der Waals surface area contributed by atoms with E-state index in [4.69, 9.17) is 5.11 Å². The predicted octanol–water partition coefficient (Wildman–Crippen LogP) is 4.86. The maximum absolute atomic E-state index is 11.0. The Bertz CT molecular complexity index is 528. The van der Waals surface area contributed by atoms with Crippen LogP contribution in [0.15, 0.2) is 24.3 Å². The SMILES string of the molecule is CCCCCCCCc1ccc([C@H]2CC[C@@](CO)(NC(=O)O)C2)cc1. The molecular formula is C21H33NO3. The van der Waals surface area contributed by atoms with Gasteiger partial charge >= 0.3 is 6.09 Å². The number of hydrogen-bond acceptors (Lipinski definition) is 2. The van der Waals surface area contributed by atoms with Crippen molar-refractivity contribution in [2.24, 2.45) is 0 Å². The lowest BCUT2D eigenvalue weighted by Gasteiger charge is -2.26. The summed E-state index contributed by atoms with van der Waals surface area (Å²) in [4.78, 5) is 11.0. The Morgan fingerprint density at radius 2 is 1.84 bits per heavy atom. The molecule has 2 rings (SSSR count). The average molecular weight is 347 g/mol. The molecule has 1 aliphatic rings. The monoisotopic (exact) mass is 347 g/mol. The molecule has 0 saturated heterocycles. The zero-order valence-corrected chi connectivity index (χ0v) is 15.5. The highest BCUT2D eigenvalue weighted by atomic mass is 16.4. The Morgan fingerprint density at radius 3 is 2.48 bits per heavy atom. The minimum Gasteiger partial charge on any atom is -0.465 e. The van der Waals surface area contributed by atoms with Crippen molar-refractivity contribution >= 4 is 6.09 Å². The van der Waals surface area contributed by atoms with Gasteiger partial charge in [0.15, 0.2) is 0 Å². The Labute approximate surface area is 151 Å². The summed E-state index contributed by atoms with van der Waals surface area (Å²) in [5.41, 5.74) is 1.97. The number of nitrogens with one attached hydrogen (secondary N) is 1. The molecule has 4 heteroatoms. The second-order valence-electron chi connectivity index (χ2n) is 7.57. The fraction of sp³-hybridized carbons (Fsp3) is 0.667. The summed E-state index contributed by atoms with van der Waals surface area (Å²) in [7, 11) is 0. The third kappa shape index (κ3) is 6.03. The summed E-state index contributed by atoms with van der Waals surface area (Å²) in [5.74, 6) is 0.321. The largest absolute Gasteiger partial charge is 0.465 e. The third-order valence-electron chi connectivity index (χ3n) is 5.55. The zero-order valence-electron chi connectivity index (χ0n) is 15.5. The molecule has 0 aromatic heterocycles. The molecule has 0 bridgehead atoms. The second kappa shape index (κ2) is 9.81. The van der Waals surface area contributed by atoms with Crippen molar-refractivity contribution in [3.05, 3.63) is 35.4 Å². The van der Waals surface area contributed by atoms with Crippen molar-refractivity contribution in [2.45, 2.75) is 82.6 Å². The molecule has 1 aromatic carbocycles. The number of unbranched alkanes of at least 4 members (excludes halogenated alkanes) is 5. The molecule has 0 heterocycles. The topological polar surface area (TPSA) is 69.6 Å². The van der Waals surface area contributed by atoms with E-state index in [-0.39, 0.29) is 6.61 Å². The van der Waals surface area contributed by atoms with Crippen LogP contribution in [-0.4, -0.2) is 28.5 Å². The lowest BCUT2D eigenvalue weighted by molar-refractivity contribution is 0.139. The summed E-state index contributed by atoms with van der Waals surface area (Å²) in [5, 5.41) is 21.1. The number of carboxylic acid groups (broad SMARTS) is 1. The van der Waals surface area contributed by atoms with Gasteiger partial charge in [-0.1, -0.05) is 63.3 Å². The third-order valence-corrected chi connectivity index (χ3v) is 5.55. The minimum absolute atomic E-state index is 0.133. The van der Waals surface area contributed by atoms with E-state index in [0.29, 0.717) is 18.8 Å². The van der Waals surface area contributed by atoms with Gasteiger partial charge in [0.05, 0.1) is 12.1 Å². The first-order chi connectivity index (χ1) is 12.1. The number of aliphatic hydroxyl groups is 1. The van der Waals surface area contributed by atoms with Crippen LogP contribution in [0.5, 0.6) is 0 Å². The molecule has 3 N–H and O–H groups in total. The van der Waals surface area contributed by atoms with Gasteiger partial charge in [0.25, 0.3) is 0 Å². The summed E-state index contributed by atoms with van der Waals surface area (Å²) in [6.07, 6.45) is 10.3. The number of amides is 1. The van der Waals surface area contributed by atoms with Gasteiger partial charge < -0.3 is 15.5 Å². The summed E-state index contributed by atoms with van der Waals surface area (Å²) in [6, 6.07) is 8.80. The van der Waals surface area contributed by atoms with Crippen molar-refractivity contribution in [1.29, 1.82) is 0 Å². The van der Waals surface area contributed by atoms with Crippen LogP contribution in [0, 0.1) is 0 Å². The molecule has 1 saturated carbocycles. The van der Waals surface area contributed by atoms with Gasteiger partial charge in [-0.05, 0) is 49.1 Å². The Balaban J connectivity index is 1.81. The van der Waals surface area contributed by atoms with Crippen molar-refractivity contribution in [2.75, 3.05) is 6.61 Å². The van der Waals surface area contributed by atoms with Crippen LogP contribution in [0.2, 0.25) is 0 Å². The molecule has 25 heavy (non-hydrogen) atoms. The van der Waals surface area contributed by atoms with Crippen molar-refractivity contribution in [1.82, 2.24) is 5.32 Å². The van der Waals surface area contributed by atoms with Gasteiger partial charge in [0.1, 0.15) is 0 Å². The molecular weight excluding hydrogens is 314 g/mol. The molecule has 0 aliphatic heterocycles. The van der Waals surface area contributed by atoms with Crippen LogP contribution in [0.3, 0.4) is 0 Å². The molecule has 0 radical (unpaired) electrons. The average Bonchev–Trinajstić information content (AvgIpc) is 3.02. The second-order valence-corrected chi connectivity index (χ2v) is 7.57. The molecule has 1 amide bonds. The highest BCUT2D eigenvalue weighted by Gasteiger charge is 2.40. The lowest BCUT2D eigenvalue weighted by Crippen LogP contribution is -2.48. The highest BCUT2D eigenvalue weighted by Crippen LogP contribution is 2.40. The van der Waals surface area contributed by atoms with E-state index in [1.54, 1.807) is 0 Å². The Kier molecular flexibility index (Phi) is 7.76. The number of aryl methyl sites for hydroxylation is 1. The number of aliphatic hydroxyl groups excluding tert-OH is 1. The molecule has 1 fully saturated rings. The minimum atomic E-state index is -1.05. The number of carbonyl (C=O) groups is 1. The summed E-state index contributed by atoms with van der Waals surface area (Å²) >= 11 is 0. The molecule has 4 nitrogen and oxygen atoms in total. The fourth-order valence-corrected chi connectivity index (χ4v) is 4.00. The lowest BCUT2D eigenvalue weighted by atomic mass is 9.92. The first-order valence-electron chi connectivity index (χ1n) is 9.79. The maximum atomic E-state index is 11.0. The molecule has 2 atom stereocenters.